The summed E-state index contributed by atoms with van der Waals surface area (Å²) < 4.78 is 17.1. The predicted molar refractivity (Wildman–Crippen MR) is 158 cm³/mol. The number of rotatable bonds is 8. The van der Waals surface area contributed by atoms with Gasteiger partial charge in [-0.3, -0.25) is 0 Å². The second-order valence-electron chi connectivity index (χ2n) is 11.6. The van der Waals surface area contributed by atoms with Gasteiger partial charge in [0.15, 0.2) is 0 Å². The van der Waals surface area contributed by atoms with Gasteiger partial charge in [-0.25, -0.2) is 9.78 Å². The molecule has 2 unspecified atom stereocenters. The Morgan fingerprint density at radius 3 is 2.71 bits per heavy atom. The fourth-order valence-corrected chi connectivity index (χ4v) is 6.40. The minimum absolute atomic E-state index is 0.128. The van der Waals surface area contributed by atoms with Crippen LogP contribution < -0.4 is 0 Å². The summed E-state index contributed by atoms with van der Waals surface area (Å²) in [7, 11) is -1.13. The van der Waals surface area contributed by atoms with Crippen molar-refractivity contribution < 1.29 is 14.3 Å². The summed E-state index contributed by atoms with van der Waals surface area (Å²) in [6, 6.07) is 13.2. The molecule has 2 atom stereocenters. The first-order valence-electron chi connectivity index (χ1n) is 13.4. The lowest BCUT2D eigenvalue weighted by molar-refractivity contribution is 0.0698. The molecule has 0 saturated carbocycles. The van der Waals surface area contributed by atoms with Crippen molar-refractivity contribution >= 4 is 52.0 Å². The van der Waals surface area contributed by atoms with Crippen LogP contribution in [0.5, 0.6) is 0 Å². The van der Waals surface area contributed by atoms with E-state index in [4.69, 9.17) is 14.5 Å². The SMILES string of the molecule is CC1CCN(C(=O)OCc2ccccc2)CC1n1cc(Br)c2cnc3c(ccn3COCC[Si](C)(C)C)c21. The molecule has 0 bridgehead atoms. The second-order valence-corrected chi connectivity index (χ2v) is 18.1. The quantitative estimate of drug-likeness (QED) is 0.158. The molecule has 0 aliphatic carbocycles. The summed E-state index contributed by atoms with van der Waals surface area (Å²) in [4.78, 5) is 19.6. The number of carbonyl (C=O) groups is 1. The minimum Gasteiger partial charge on any atom is -0.445 e. The van der Waals surface area contributed by atoms with E-state index < -0.39 is 8.07 Å². The number of hydrogen-bond acceptors (Lipinski definition) is 4. The summed E-state index contributed by atoms with van der Waals surface area (Å²) in [5, 5.41) is 2.17. The monoisotopic (exact) mass is 596 g/mol. The van der Waals surface area contributed by atoms with Crippen LogP contribution in [0.15, 0.2) is 59.5 Å². The molecule has 4 heterocycles. The lowest BCUT2D eigenvalue weighted by Gasteiger charge is -2.37. The number of ether oxygens (including phenoxy) is 2. The molecule has 1 fully saturated rings. The molecule has 1 aliphatic heterocycles. The van der Waals surface area contributed by atoms with E-state index in [1.165, 1.54) is 0 Å². The molecule has 5 rings (SSSR count). The van der Waals surface area contributed by atoms with Gasteiger partial charge in [-0.2, -0.15) is 0 Å². The number of hydrogen-bond donors (Lipinski definition) is 0. The van der Waals surface area contributed by atoms with Crippen LogP contribution in [0.2, 0.25) is 25.7 Å². The molecule has 0 N–H and O–H groups in total. The van der Waals surface area contributed by atoms with E-state index in [0.717, 1.165) is 51.0 Å². The Morgan fingerprint density at radius 2 is 1.95 bits per heavy atom. The first-order valence-corrected chi connectivity index (χ1v) is 17.9. The summed E-state index contributed by atoms with van der Waals surface area (Å²) in [6.07, 6.45) is 6.82. The van der Waals surface area contributed by atoms with Crippen molar-refractivity contribution in [2.45, 2.75) is 58.4 Å². The molecule has 1 aromatic carbocycles. The van der Waals surface area contributed by atoms with Gasteiger partial charge in [0.05, 0.1) is 11.6 Å². The smallest absolute Gasteiger partial charge is 0.410 e. The zero-order valence-corrected chi connectivity index (χ0v) is 25.3. The average Bonchev–Trinajstić information content (AvgIpc) is 3.46. The Bertz CT molecular complexity index is 1410. The summed E-state index contributed by atoms with van der Waals surface area (Å²) in [5.74, 6) is 0.408. The van der Waals surface area contributed by atoms with E-state index in [1.807, 2.05) is 41.4 Å². The van der Waals surface area contributed by atoms with E-state index >= 15 is 0 Å². The molecule has 202 valence electrons. The highest BCUT2D eigenvalue weighted by Crippen LogP contribution is 2.38. The lowest BCUT2D eigenvalue weighted by atomic mass is 9.93. The molecule has 7 nitrogen and oxygen atoms in total. The summed E-state index contributed by atoms with van der Waals surface area (Å²) >= 11 is 3.77. The van der Waals surface area contributed by atoms with Crippen LogP contribution in [-0.4, -0.2) is 52.9 Å². The minimum atomic E-state index is -1.13. The third-order valence-electron chi connectivity index (χ3n) is 7.49. The van der Waals surface area contributed by atoms with Crippen LogP contribution in [-0.2, 0) is 22.8 Å². The number of likely N-dealkylation sites (tertiary alicyclic amines) is 1. The van der Waals surface area contributed by atoms with Crippen molar-refractivity contribution in [3.63, 3.8) is 0 Å². The molecule has 0 spiro atoms. The highest BCUT2D eigenvalue weighted by atomic mass is 79.9. The lowest BCUT2D eigenvalue weighted by Crippen LogP contribution is -2.44. The maximum Gasteiger partial charge on any atom is 0.410 e. The number of fused-ring (bicyclic) bond motifs is 3. The molecule has 38 heavy (non-hydrogen) atoms. The fraction of sp³-hybridized carbons (Fsp3) is 0.448. The molecular formula is C29H37BrN4O3Si. The number of aromatic nitrogens is 3. The third-order valence-corrected chi connectivity index (χ3v) is 9.83. The predicted octanol–water partition coefficient (Wildman–Crippen LogP) is 7.29. The largest absolute Gasteiger partial charge is 0.445 e. The number of carbonyl (C=O) groups excluding carboxylic acids is 1. The molecule has 3 aromatic heterocycles. The average molecular weight is 598 g/mol. The van der Waals surface area contributed by atoms with Gasteiger partial charge in [0.2, 0.25) is 0 Å². The van der Waals surface area contributed by atoms with Gasteiger partial charge in [0.25, 0.3) is 0 Å². The highest BCUT2D eigenvalue weighted by Gasteiger charge is 2.32. The number of amides is 1. The van der Waals surface area contributed by atoms with Crippen molar-refractivity contribution in [3.8, 4) is 0 Å². The highest BCUT2D eigenvalue weighted by molar-refractivity contribution is 9.10. The molecular weight excluding hydrogens is 560 g/mol. The van der Waals surface area contributed by atoms with Gasteiger partial charge in [0, 0.05) is 61.6 Å². The van der Waals surface area contributed by atoms with Crippen LogP contribution in [0.3, 0.4) is 0 Å². The summed E-state index contributed by atoms with van der Waals surface area (Å²) in [5.41, 5.74) is 3.05. The van der Waals surface area contributed by atoms with Crippen molar-refractivity contribution in [1.82, 2.24) is 19.0 Å². The van der Waals surface area contributed by atoms with Gasteiger partial charge >= 0.3 is 6.09 Å². The molecule has 0 radical (unpaired) electrons. The van der Waals surface area contributed by atoms with Crippen LogP contribution in [0.25, 0.3) is 21.9 Å². The van der Waals surface area contributed by atoms with Crippen molar-refractivity contribution in [3.05, 3.63) is 65.0 Å². The first kappa shape index (κ1) is 27.0. The van der Waals surface area contributed by atoms with Crippen LogP contribution in [0, 0.1) is 5.92 Å². The topological polar surface area (TPSA) is 61.5 Å². The third kappa shape index (κ3) is 5.84. The van der Waals surface area contributed by atoms with Gasteiger partial charge in [-0.1, -0.05) is 56.9 Å². The van der Waals surface area contributed by atoms with E-state index in [0.29, 0.717) is 25.7 Å². The van der Waals surface area contributed by atoms with Gasteiger partial charge in [0.1, 0.15) is 19.0 Å². The zero-order chi connectivity index (χ0) is 26.9. The molecule has 4 aromatic rings. The normalized spacial score (nSPS) is 18.4. The first-order chi connectivity index (χ1) is 18.2. The maximum absolute atomic E-state index is 13.0. The Labute approximate surface area is 233 Å². The Balaban J connectivity index is 1.37. The van der Waals surface area contributed by atoms with Gasteiger partial charge < -0.3 is 23.5 Å². The Kier molecular flexibility index (Phi) is 7.97. The molecule has 1 saturated heterocycles. The summed E-state index contributed by atoms with van der Waals surface area (Å²) in [6.45, 7) is 12.2. The van der Waals surface area contributed by atoms with Crippen molar-refractivity contribution in [2.24, 2.45) is 5.92 Å². The van der Waals surface area contributed by atoms with E-state index in [2.05, 4.69) is 70.1 Å². The number of pyridine rings is 1. The van der Waals surface area contributed by atoms with Gasteiger partial charge in [-0.05, 0) is 45.9 Å². The number of halogens is 1. The van der Waals surface area contributed by atoms with E-state index in [9.17, 15) is 4.79 Å². The number of nitrogens with zero attached hydrogens (tertiary/aromatic N) is 4. The molecule has 9 heteroatoms. The Morgan fingerprint density at radius 1 is 1.16 bits per heavy atom. The van der Waals surface area contributed by atoms with Gasteiger partial charge in [-0.15, -0.1) is 0 Å². The van der Waals surface area contributed by atoms with Crippen molar-refractivity contribution in [1.29, 1.82) is 0 Å². The van der Waals surface area contributed by atoms with Crippen LogP contribution in [0.1, 0.15) is 24.9 Å². The Hall–Kier alpha value is -2.62. The maximum atomic E-state index is 13.0. The number of piperidine rings is 1. The zero-order valence-electron chi connectivity index (χ0n) is 22.7. The molecule has 1 aliphatic rings. The van der Waals surface area contributed by atoms with Crippen LogP contribution in [0.4, 0.5) is 4.79 Å². The van der Waals surface area contributed by atoms with E-state index in [1.54, 1.807) is 0 Å². The second kappa shape index (κ2) is 11.2. The van der Waals surface area contributed by atoms with Crippen molar-refractivity contribution in [2.75, 3.05) is 19.7 Å². The molecule has 1 amide bonds. The fourth-order valence-electron chi connectivity index (χ4n) is 5.13. The standard InChI is InChI=1S/C29H37BrN4O3Si/c1-21-10-12-32(29(35)37-19-22-8-6-5-7-9-22)18-26(21)34-17-25(30)24-16-31-28-23(27(24)34)11-13-33(28)20-36-14-15-38(2,3)4/h5-9,11,13,16-17,21,26H,10,12,14-15,18-20H2,1-4H3. The van der Waals surface area contributed by atoms with E-state index in [-0.39, 0.29) is 18.7 Å². The number of benzene rings is 1. The van der Waals surface area contributed by atoms with Crippen LogP contribution >= 0.6 is 15.9 Å².